The van der Waals surface area contributed by atoms with Crippen LogP contribution in [-0.4, -0.2) is 87.2 Å². The Kier molecular flexibility index (Phi) is 7.30. The molecule has 1 aromatic rings. The van der Waals surface area contributed by atoms with E-state index in [2.05, 4.69) is 14.9 Å². The molecule has 0 bridgehead atoms. The van der Waals surface area contributed by atoms with Crippen molar-refractivity contribution in [1.82, 2.24) is 9.80 Å². The van der Waals surface area contributed by atoms with Crippen LogP contribution in [0.5, 0.6) is 0 Å². The van der Waals surface area contributed by atoms with Crippen LogP contribution >= 0.6 is 11.8 Å². The van der Waals surface area contributed by atoms with Crippen molar-refractivity contribution in [2.24, 2.45) is 4.99 Å². The number of anilines is 1. The van der Waals surface area contributed by atoms with Gasteiger partial charge < -0.3 is 10.1 Å². The summed E-state index contributed by atoms with van der Waals surface area (Å²) in [5.74, 6) is -1.05. The zero-order valence-electron chi connectivity index (χ0n) is 19.3. The lowest BCUT2D eigenvalue weighted by atomic mass is 10.1. The van der Waals surface area contributed by atoms with Gasteiger partial charge >= 0.3 is 17.2 Å². The predicted octanol–water partition coefficient (Wildman–Crippen LogP) is 2.15. The summed E-state index contributed by atoms with van der Waals surface area (Å²) in [5, 5.41) is 2.77. The number of carbonyl (C=O) groups is 4. The van der Waals surface area contributed by atoms with Crippen LogP contribution in [0.1, 0.15) is 43.5 Å². The summed E-state index contributed by atoms with van der Waals surface area (Å²) < 4.78 is 7.18. The average molecular weight is 487 g/mol. The van der Waals surface area contributed by atoms with E-state index >= 15 is 0 Å². The number of hydrogen-bond acceptors (Lipinski definition) is 6. The number of para-hydroxylation sites is 1. The molecule has 0 saturated carbocycles. The van der Waals surface area contributed by atoms with Crippen molar-refractivity contribution in [3.05, 3.63) is 29.8 Å². The molecule has 4 rings (SSSR count). The fourth-order valence-corrected chi connectivity index (χ4v) is 5.33. The molecular weight excluding hydrogens is 458 g/mol. The molecule has 180 valence electrons. The molecular formula is C23H28N5O5S+. The highest BCUT2D eigenvalue weighted by atomic mass is 32.2. The van der Waals surface area contributed by atoms with Gasteiger partial charge in [-0.25, -0.2) is 14.5 Å². The van der Waals surface area contributed by atoms with Gasteiger partial charge in [-0.15, -0.1) is 0 Å². The third-order valence-electron chi connectivity index (χ3n) is 5.72. The zero-order valence-corrected chi connectivity index (χ0v) is 20.1. The molecule has 4 amide bonds. The molecule has 3 aliphatic rings. The second-order valence-corrected chi connectivity index (χ2v) is 9.19. The van der Waals surface area contributed by atoms with Crippen LogP contribution in [0.25, 0.3) is 0 Å². The van der Waals surface area contributed by atoms with Crippen LogP contribution < -0.4 is 5.32 Å². The van der Waals surface area contributed by atoms with Crippen molar-refractivity contribution < 1.29 is 28.5 Å². The van der Waals surface area contributed by atoms with Crippen LogP contribution in [-0.2, 0) is 14.3 Å². The molecule has 0 radical (unpaired) electrons. The van der Waals surface area contributed by atoms with E-state index in [1.807, 2.05) is 6.92 Å². The number of thioether (sulfide) groups is 1. The molecule has 1 N–H and O–H groups in total. The minimum atomic E-state index is -0.653. The highest BCUT2D eigenvalue weighted by molar-refractivity contribution is 8.15. The Bertz CT molecular complexity index is 1080. The van der Waals surface area contributed by atoms with Gasteiger partial charge in [0.2, 0.25) is 5.91 Å². The largest absolute Gasteiger partial charge is 0.462 e. The standard InChI is InChI=1S/C23H27N5O5S/c1-3-11-27-20(30)18-19(25-22(34-18)26-12-7-8-13-26)28(23(27)32)14-17(29)24-16-10-6-5-9-15(16)21(31)33-4-2/h5-6,9-10,18H,3-4,7-8,11-14H2,1-2H3/p+1. The Labute approximate surface area is 202 Å². The molecule has 0 spiro atoms. The molecule has 3 aliphatic heterocycles. The number of urea groups is 1. The van der Waals surface area contributed by atoms with Gasteiger partial charge in [0.05, 0.1) is 30.9 Å². The van der Waals surface area contributed by atoms with E-state index in [9.17, 15) is 19.2 Å². The number of amides is 4. The molecule has 10 nitrogen and oxygen atoms in total. The van der Waals surface area contributed by atoms with Crippen molar-refractivity contribution in [2.45, 2.75) is 38.4 Å². The van der Waals surface area contributed by atoms with Crippen LogP contribution in [0, 0.1) is 0 Å². The summed E-state index contributed by atoms with van der Waals surface area (Å²) in [6, 6.07) is 5.97. The third kappa shape index (κ3) is 4.70. The van der Waals surface area contributed by atoms with E-state index in [0.717, 1.165) is 31.1 Å². The van der Waals surface area contributed by atoms with Crippen molar-refractivity contribution in [1.29, 1.82) is 0 Å². The predicted molar refractivity (Wildman–Crippen MR) is 128 cm³/mol. The van der Waals surface area contributed by atoms with Crippen molar-refractivity contribution in [2.75, 3.05) is 38.1 Å². The number of benzene rings is 1. The monoisotopic (exact) mass is 486 g/mol. The first-order valence-corrected chi connectivity index (χ1v) is 12.4. The quantitative estimate of drug-likeness (QED) is 0.467. The second kappa shape index (κ2) is 10.4. The first-order chi connectivity index (χ1) is 16.4. The van der Waals surface area contributed by atoms with Gasteiger partial charge in [-0.1, -0.05) is 19.1 Å². The number of fused-ring (bicyclic) bond motifs is 1. The van der Waals surface area contributed by atoms with Gasteiger partial charge in [-0.3, -0.25) is 19.1 Å². The molecule has 2 saturated heterocycles. The fourth-order valence-electron chi connectivity index (χ4n) is 4.13. The summed E-state index contributed by atoms with van der Waals surface area (Å²) in [5.41, 5.74) is 0.516. The van der Waals surface area contributed by atoms with Gasteiger partial charge in [-0.05, 0) is 55.1 Å². The Hall–Kier alpha value is -3.21. The first-order valence-electron chi connectivity index (χ1n) is 11.5. The number of imide groups is 1. The van der Waals surface area contributed by atoms with Crippen molar-refractivity contribution in [3.8, 4) is 0 Å². The van der Waals surface area contributed by atoms with E-state index < -0.39 is 23.2 Å². The lowest BCUT2D eigenvalue weighted by Crippen LogP contribution is -2.61. The van der Waals surface area contributed by atoms with E-state index in [4.69, 9.17) is 4.74 Å². The average Bonchev–Trinajstić information content (AvgIpc) is 3.50. The van der Waals surface area contributed by atoms with Crippen molar-refractivity contribution >= 4 is 52.3 Å². The van der Waals surface area contributed by atoms with E-state index in [1.54, 1.807) is 31.2 Å². The van der Waals surface area contributed by atoms with Crippen LogP contribution in [0.3, 0.4) is 0 Å². The maximum absolute atomic E-state index is 13.2. The minimum absolute atomic E-state index is 0.208. The fraction of sp³-hybridized carbons (Fsp3) is 0.478. The van der Waals surface area contributed by atoms with Gasteiger partial charge in [0, 0.05) is 6.54 Å². The third-order valence-corrected chi connectivity index (χ3v) is 6.93. The van der Waals surface area contributed by atoms with Crippen LogP contribution in [0.4, 0.5) is 10.5 Å². The molecule has 11 heteroatoms. The number of carbonyl (C=O) groups excluding carboxylic acids is 4. The highest BCUT2D eigenvalue weighted by Crippen LogP contribution is 2.32. The molecule has 2 fully saturated rings. The van der Waals surface area contributed by atoms with Gasteiger partial charge in [0.25, 0.3) is 11.7 Å². The smallest absolute Gasteiger partial charge is 0.357 e. The molecule has 1 unspecified atom stereocenters. The lowest BCUT2D eigenvalue weighted by Gasteiger charge is -2.34. The zero-order chi connectivity index (χ0) is 24.2. The van der Waals surface area contributed by atoms with E-state index in [-0.39, 0.29) is 31.2 Å². The highest BCUT2D eigenvalue weighted by Gasteiger charge is 2.53. The molecule has 1 atom stereocenters. The second-order valence-electron chi connectivity index (χ2n) is 8.12. The number of esters is 1. The first kappa shape index (κ1) is 23.9. The summed E-state index contributed by atoms with van der Waals surface area (Å²) in [4.78, 5) is 58.6. The molecule has 1 aromatic carbocycles. The van der Waals surface area contributed by atoms with Crippen molar-refractivity contribution in [3.63, 3.8) is 0 Å². The van der Waals surface area contributed by atoms with E-state index in [1.165, 1.54) is 21.6 Å². The summed E-state index contributed by atoms with van der Waals surface area (Å²) in [6.07, 6.45) is 2.72. The minimum Gasteiger partial charge on any atom is -0.462 e. The van der Waals surface area contributed by atoms with Gasteiger partial charge in [-0.2, -0.15) is 0 Å². The summed E-state index contributed by atoms with van der Waals surface area (Å²) >= 11 is 1.34. The summed E-state index contributed by atoms with van der Waals surface area (Å²) in [6.45, 7) is 5.46. The van der Waals surface area contributed by atoms with E-state index in [0.29, 0.717) is 17.9 Å². The molecule has 0 aliphatic carbocycles. The number of ether oxygens (including phenoxy) is 1. The topological polar surface area (TPSA) is 111 Å². The Balaban J connectivity index is 1.59. The Morgan fingerprint density at radius 1 is 1.18 bits per heavy atom. The molecule has 0 aromatic heterocycles. The number of rotatable bonds is 7. The van der Waals surface area contributed by atoms with Gasteiger partial charge in [0.1, 0.15) is 6.54 Å². The lowest BCUT2D eigenvalue weighted by molar-refractivity contribution is -0.503. The number of hydrogen-bond donors (Lipinski definition) is 1. The maximum Gasteiger partial charge on any atom is 0.357 e. The number of aliphatic imine (C=N–C) groups is 1. The van der Waals surface area contributed by atoms with Crippen LogP contribution in [0.15, 0.2) is 29.3 Å². The maximum atomic E-state index is 13.2. The number of nitrogens with zero attached hydrogens (tertiary/aromatic N) is 4. The van der Waals surface area contributed by atoms with Gasteiger partial charge in [0.15, 0.2) is 5.25 Å². The Morgan fingerprint density at radius 3 is 2.62 bits per heavy atom. The normalized spacial score (nSPS) is 19.9. The molecule has 3 heterocycles. The summed E-state index contributed by atoms with van der Waals surface area (Å²) in [7, 11) is 0. The Morgan fingerprint density at radius 2 is 1.91 bits per heavy atom. The molecule has 34 heavy (non-hydrogen) atoms. The van der Waals surface area contributed by atoms with Crippen LogP contribution in [0.2, 0.25) is 0 Å². The SMILES string of the molecule is CCCN1C(=O)C2SC(=[N+]3CCCC3)N=C2N(CC(=O)Nc2ccccc2C(=O)OCC)C1=O. The number of amidine groups is 2. The number of nitrogens with one attached hydrogen (secondary N) is 1.